The second kappa shape index (κ2) is 3.96. The third-order valence-corrected chi connectivity index (χ3v) is 2.98. The molecule has 0 aliphatic heterocycles. The van der Waals surface area contributed by atoms with E-state index in [2.05, 4.69) is 18.8 Å². The Morgan fingerprint density at radius 3 is 2.62 bits per heavy atom. The van der Waals surface area contributed by atoms with E-state index in [9.17, 15) is 0 Å². The maximum Gasteiger partial charge on any atom is 0.212 e. The largest absolute Gasteiger partial charge is 0.368 e. The van der Waals surface area contributed by atoms with E-state index in [-0.39, 0.29) is 11.4 Å². The topological polar surface area (TPSA) is 70.6 Å². The summed E-state index contributed by atoms with van der Waals surface area (Å²) in [5.74, 6) is 0.871. The number of nitrogens with one attached hydrogen (secondary N) is 1. The van der Waals surface area contributed by atoms with Crippen molar-refractivity contribution in [3.63, 3.8) is 0 Å². The molecular weight excluding hydrogens is 166 g/mol. The van der Waals surface area contributed by atoms with Crippen molar-refractivity contribution in [2.75, 3.05) is 6.54 Å². The summed E-state index contributed by atoms with van der Waals surface area (Å²) in [5, 5.41) is 8.44. The monoisotopic (exact) mass is 185 g/mol. The van der Waals surface area contributed by atoms with Crippen LogP contribution in [-0.4, -0.2) is 17.7 Å². The first-order valence-electron chi connectivity index (χ1n) is 4.76. The van der Waals surface area contributed by atoms with Gasteiger partial charge in [-0.15, -0.1) is 0 Å². The fourth-order valence-corrected chi connectivity index (χ4v) is 1.64. The lowest BCUT2D eigenvalue weighted by Gasteiger charge is -2.39. The van der Waals surface area contributed by atoms with E-state index in [0.29, 0.717) is 6.54 Å². The molecule has 4 N–H and O–H groups in total. The lowest BCUT2D eigenvalue weighted by Crippen LogP contribution is -2.35. The van der Waals surface area contributed by atoms with E-state index in [1.54, 1.807) is 0 Å². The second-order valence-electron chi connectivity index (χ2n) is 4.43. The Bertz CT molecular complexity index is 197. The van der Waals surface area contributed by atoms with Crippen LogP contribution in [0.25, 0.3) is 0 Å². The third kappa shape index (κ3) is 2.59. The summed E-state index contributed by atoms with van der Waals surface area (Å²) in [6.45, 7) is 5.08. The van der Waals surface area contributed by atoms with E-state index in [1.807, 2.05) is 5.48 Å². The third-order valence-electron chi connectivity index (χ3n) is 2.98. The predicted octanol–water partition coefficient (Wildman–Crippen LogP) is 1.11. The summed E-state index contributed by atoms with van der Waals surface area (Å²) in [4.78, 5) is 4.05. The fourth-order valence-electron chi connectivity index (χ4n) is 1.64. The normalized spacial score (nSPS) is 19.8. The number of rotatable bonds is 3. The highest BCUT2D eigenvalue weighted by molar-refractivity contribution is 5.76. The van der Waals surface area contributed by atoms with Gasteiger partial charge in [-0.2, -0.15) is 0 Å². The van der Waals surface area contributed by atoms with Gasteiger partial charge in [-0.25, -0.2) is 5.48 Å². The molecule has 0 aromatic heterocycles. The van der Waals surface area contributed by atoms with Crippen LogP contribution in [0.5, 0.6) is 0 Å². The van der Waals surface area contributed by atoms with Crippen molar-refractivity contribution in [1.82, 2.24) is 5.48 Å². The molecule has 76 valence electrons. The molecule has 4 heteroatoms. The second-order valence-corrected chi connectivity index (χ2v) is 4.43. The lowest BCUT2D eigenvalue weighted by atomic mass is 9.67. The van der Waals surface area contributed by atoms with Crippen molar-refractivity contribution >= 4 is 5.96 Å². The summed E-state index contributed by atoms with van der Waals surface area (Å²) < 4.78 is 0. The SMILES string of the molecule is CC(C)(CN=C(N)NO)C1CCC1. The van der Waals surface area contributed by atoms with Gasteiger partial charge in [-0.05, 0) is 24.2 Å². The number of nitrogens with two attached hydrogens (primary N) is 1. The molecule has 1 fully saturated rings. The molecule has 0 unspecified atom stereocenters. The van der Waals surface area contributed by atoms with Gasteiger partial charge in [0.1, 0.15) is 0 Å². The summed E-state index contributed by atoms with van der Waals surface area (Å²) >= 11 is 0. The van der Waals surface area contributed by atoms with Crippen LogP contribution in [0.2, 0.25) is 0 Å². The summed E-state index contributed by atoms with van der Waals surface area (Å²) in [5.41, 5.74) is 7.38. The quantitative estimate of drug-likeness (QED) is 0.350. The van der Waals surface area contributed by atoms with Crippen LogP contribution < -0.4 is 11.2 Å². The van der Waals surface area contributed by atoms with Gasteiger partial charge < -0.3 is 5.73 Å². The van der Waals surface area contributed by atoms with Gasteiger partial charge in [0.15, 0.2) is 0 Å². The van der Waals surface area contributed by atoms with Gasteiger partial charge in [0.2, 0.25) is 5.96 Å². The number of nitrogens with zero attached hydrogens (tertiary/aromatic N) is 1. The minimum Gasteiger partial charge on any atom is -0.368 e. The Balaban J connectivity index is 2.41. The zero-order valence-corrected chi connectivity index (χ0v) is 8.38. The first kappa shape index (κ1) is 10.3. The highest BCUT2D eigenvalue weighted by Crippen LogP contribution is 2.41. The minimum atomic E-state index is 0.104. The predicted molar refractivity (Wildman–Crippen MR) is 52.5 cm³/mol. The molecule has 0 aromatic carbocycles. The van der Waals surface area contributed by atoms with Crippen molar-refractivity contribution in [2.45, 2.75) is 33.1 Å². The molecule has 0 atom stereocenters. The Hall–Kier alpha value is -0.770. The number of guanidine groups is 1. The standard InChI is InChI=1S/C9H19N3O/c1-9(2,7-4-3-5-7)6-11-8(10)12-13/h7,13H,3-6H2,1-2H3,(H3,10,11,12). The molecule has 4 nitrogen and oxygen atoms in total. The summed E-state index contributed by atoms with van der Waals surface area (Å²) in [7, 11) is 0. The molecule has 1 saturated carbocycles. The molecule has 13 heavy (non-hydrogen) atoms. The molecule has 0 heterocycles. The molecule has 0 spiro atoms. The zero-order chi connectivity index (χ0) is 9.90. The van der Waals surface area contributed by atoms with Crippen molar-refractivity contribution < 1.29 is 5.21 Å². The molecular formula is C9H19N3O. The average molecular weight is 185 g/mol. The molecule has 0 saturated heterocycles. The van der Waals surface area contributed by atoms with Crippen LogP contribution in [0.4, 0.5) is 0 Å². The van der Waals surface area contributed by atoms with Crippen LogP contribution in [-0.2, 0) is 0 Å². The van der Waals surface area contributed by atoms with Crippen molar-refractivity contribution in [1.29, 1.82) is 0 Å². The minimum absolute atomic E-state index is 0.104. The molecule has 1 rings (SSSR count). The van der Waals surface area contributed by atoms with Crippen molar-refractivity contribution in [2.24, 2.45) is 22.1 Å². The number of aliphatic imine (C=N–C) groups is 1. The van der Waals surface area contributed by atoms with Gasteiger partial charge >= 0.3 is 0 Å². The fraction of sp³-hybridized carbons (Fsp3) is 0.889. The Morgan fingerprint density at radius 2 is 2.23 bits per heavy atom. The summed E-state index contributed by atoms with van der Waals surface area (Å²) in [6, 6.07) is 0. The van der Waals surface area contributed by atoms with E-state index in [4.69, 9.17) is 10.9 Å². The average Bonchev–Trinajstić information content (AvgIpc) is 1.96. The Labute approximate surface area is 79.2 Å². The van der Waals surface area contributed by atoms with Gasteiger partial charge in [0.05, 0.1) is 0 Å². The number of hydrogen-bond donors (Lipinski definition) is 3. The van der Waals surface area contributed by atoms with Crippen LogP contribution in [0, 0.1) is 11.3 Å². The van der Waals surface area contributed by atoms with Crippen molar-refractivity contribution in [3.8, 4) is 0 Å². The van der Waals surface area contributed by atoms with Gasteiger partial charge in [-0.3, -0.25) is 10.2 Å². The van der Waals surface area contributed by atoms with E-state index < -0.39 is 0 Å². The van der Waals surface area contributed by atoms with E-state index in [1.165, 1.54) is 19.3 Å². The van der Waals surface area contributed by atoms with E-state index >= 15 is 0 Å². The molecule has 0 aromatic rings. The lowest BCUT2D eigenvalue weighted by molar-refractivity contribution is 0.129. The Kier molecular flexibility index (Phi) is 3.14. The molecule has 0 amide bonds. The van der Waals surface area contributed by atoms with Crippen LogP contribution in [0.1, 0.15) is 33.1 Å². The maximum atomic E-state index is 8.44. The van der Waals surface area contributed by atoms with Gasteiger partial charge in [0.25, 0.3) is 0 Å². The first-order valence-corrected chi connectivity index (χ1v) is 4.76. The highest BCUT2D eigenvalue weighted by atomic mass is 16.5. The smallest absolute Gasteiger partial charge is 0.212 e. The first-order chi connectivity index (χ1) is 6.06. The molecule has 1 aliphatic carbocycles. The molecule has 0 bridgehead atoms. The van der Waals surface area contributed by atoms with Crippen LogP contribution >= 0.6 is 0 Å². The van der Waals surface area contributed by atoms with Crippen molar-refractivity contribution in [3.05, 3.63) is 0 Å². The van der Waals surface area contributed by atoms with Crippen LogP contribution in [0.15, 0.2) is 4.99 Å². The number of hydrogen-bond acceptors (Lipinski definition) is 2. The highest BCUT2D eigenvalue weighted by Gasteiger charge is 2.33. The van der Waals surface area contributed by atoms with Crippen LogP contribution in [0.3, 0.4) is 0 Å². The van der Waals surface area contributed by atoms with Gasteiger partial charge in [-0.1, -0.05) is 20.3 Å². The van der Waals surface area contributed by atoms with Gasteiger partial charge in [0, 0.05) is 6.54 Å². The Morgan fingerprint density at radius 1 is 1.62 bits per heavy atom. The zero-order valence-electron chi connectivity index (χ0n) is 8.38. The molecule has 0 radical (unpaired) electrons. The van der Waals surface area contributed by atoms with E-state index in [0.717, 1.165) is 5.92 Å². The maximum absolute atomic E-state index is 8.44. The molecule has 1 aliphatic rings. The summed E-state index contributed by atoms with van der Waals surface area (Å²) in [6.07, 6.45) is 3.94. The number of hydroxylamine groups is 1.